The molecule has 1 rings (SSSR count). The molecular weight excluding hydrogens is 208 g/mol. The van der Waals surface area contributed by atoms with E-state index in [4.69, 9.17) is 0 Å². The fourth-order valence-electron chi connectivity index (χ4n) is 1.77. The zero-order valence-electron chi connectivity index (χ0n) is 10.3. The maximum atomic E-state index is 13.5. The van der Waals surface area contributed by atoms with Gasteiger partial charge in [-0.1, -0.05) is 26.8 Å². The molecule has 0 saturated carbocycles. The molecule has 3 heteroatoms. The Kier molecular flexibility index (Phi) is 4.03. The predicted molar refractivity (Wildman–Crippen MR) is 62.4 cm³/mol. The van der Waals surface area contributed by atoms with Gasteiger partial charge in [-0.15, -0.1) is 0 Å². The summed E-state index contributed by atoms with van der Waals surface area (Å²) in [5.74, 6) is -0.936. The molecule has 1 atom stereocenters. The standard InChI is InChI=1S/C13H19F2N/c1-13(2,3)12(16-4)8-9-10(14)6-5-7-11(9)15/h5-7,12,16H,8H2,1-4H3. The molecule has 0 aliphatic carbocycles. The van der Waals surface area contributed by atoms with Gasteiger partial charge in [0.15, 0.2) is 0 Å². The van der Waals surface area contributed by atoms with Crippen molar-refractivity contribution in [3.63, 3.8) is 0 Å². The summed E-state index contributed by atoms with van der Waals surface area (Å²) in [5.41, 5.74) is 0.125. The highest BCUT2D eigenvalue weighted by atomic mass is 19.1. The van der Waals surface area contributed by atoms with E-state index >= 15 is 0 Å². The third kappa shape index (κ3) is 3.01. The monoisotopic (exact) mass is 227 g/mol. The van der Waals surface area contributed by atoms with Gasteiger partial charge in [0.25, 0.3) is 0 Å². The summed E-state index contributed by atoms with van der Waals surface area (Å²) in [5, 5.41) is 3.11. The first kappa shape index (κ1) is 13.1. The van der Waals surface area contributed by atoms with E-state index in [0.717, 1.165) is 0 Å². The summed E-state index contributed by atoms with van der Waals surface area (Å²) in [4.78, 5) is 0. The van der Waals surface area contributed by atoms with Crippen LogP contribution in [-0.4, -0.2) is 13.1 Å². The number of likely N-dealkylation sites (N-methyl/N-ethyl adjacent to an activating group) is 1. The van der Waals surface area contributed by atoms with Gasteiger partial charge < -0.3 is 5.32 Å². The fraction of sp³-hybridized carbons (Fsp3) is 0.538. The lowest BCUT2D eigenvalue weighted by Crippen LogP contribution is -2.40. The molecule has 16 heavy (non-hydrogen) atoms. The van der Waals surface area contributed by atoms with Gasteiger partial charge in [0.05, 0.1) is 0 Å². The van der Waals surface area contributed by atoms with Crippen molar-refractivity contribution in [3.8, 4) is 0 Å². The highest BCUT2D eigenvalue weighted by Crippen LogP contribution is 2.24. The molecule has 1 nitrogen and oxygen atoms in total. The topological polar surface area (TPSA) is 12.0 Å². The first-order valence-corrected chi connectivity index (χ1v) is 5.46. The van der Waals surface area contributed by atoms with Crippen molar-refractivity contribution < 1.29 is 8.78 Å². The molecule has 0 fully saturated rings. The zero-order chi connectivity index (χ0) is 12.3. The Labute approximate surface area is 95.9 Å². The van der Waals surface area contributed by atoms with Crippen LogP contribution >= 0.6 is 0 Å². The fourth-order valence-corrected chi connectivity index (χ4v) is 1.77. The third-order valence-electron chi connectivity index (χ3n) is 2.86. The lowest BCUT2D eigenvalue weighted by atomic mass is 9.83. The Morgan fingerprint density at radius 1 is 1.19 bits per heavy atom. The van der Waals surface area contributed by atoms with Crippen molar-refractivity contribution in [3.05, 3.63) is 35.4 Å². The van der Waals surface area contributed by atoms with Gasteiger partial charge >= 0.3 is 0 Å². The summed E-state index contributed by atoms with van der Waals surface area (Å²) in [6.07, 6.45) is 0.360. The summed E-state index contributed by atoms with van der Waals surface area (Å²) in [7, 11) is 1.81. The predicted octanol–water partition coefficient (Wildman–Crippen LogP) is 3.14. The highest BCUT2D eigenvalue weighted by molar-refractivity contribution is 5.21. The summed E-state index contributed by atoms with van der Waals surface area (Å²) in [6, 6.07) is 4.03. The van der Waals surface area contributed by atoms with Gasteiger partial charge in [-0.05, 0) is 31.0 Å². The average molecular weight is 227 g/mol. The molecule has 0 saturated heterocycles. The quantitative estimate of drug-likeness (QED) is 0.836. The Balaban J connectivity index is 2.95. The number of hydrogen-bond acceptors (Lipinski definition) is 1. The van der Waals surface area contributed by atoms with Crippen LogP contribution in [0.3, 0.4) is 0 Å². The Morgan fingerprint density at radius 3 is 2.06 bits per heavy atom. The molecule has 0 bridgehead atoms. The van der Waals surface area contributed by atoms with Gasteiger partial charge in [-0.3, -0.25) is 0 Å². The molecule has 0 radical (unpaired) electrons. The molecule has 1 aromatic rings. The number of hydrogen-bond donors (Lipinski definition) is 1. The lowest BCUT2D eigenvalue weighted by Gasteiger charge is -2.30. The number of rotatable bonds is 3. The minimum atomic E-state index is -0.468. The molecule has 0 spiro atoms. The van der Waals surface area contributed by atoms with Crippen LogP contribution < -0.4 is 5.32 Å². The van der Waals surface area contributed by atoms with Crippen molar-refractivity contribution in [1.29, 1.82) is 0 Å². The van der Waals surface area contributed by atoms with Crippen LogP contribution in [0.15, 0.2) is 18.2 Å². The first-order valence-electron chi connectivity index (χ1n) is 5.46. The van der Waals surface area contributed by atoms with Gasteiger partial charge in [-0.2, -0.15) is 0 Å². The molecule has 0 aromatic heterocycles. The Morgan fingerprint density at radius 2 is 1.69 bits per heavy atom. The molecule has 0 heterocycles. The van der Waals surface area contributed by atoms with Gasteiger partial charge in [0.1, 0.15) is 11.6 Å². The summed E-state index contributed by atoms with van der Waals surface area (Å²) < 4.78 is 26.9. The maximum absolute atomic E-state index is 13.5. The molecule has 1 N–H and O–H groups in total. The lowest BCUT2D eigenvalue weighted by molar-refractivity contribution is 0.275. The number of nitrogens with one attached hydrogen (secondary N) is 1. The van der Waals surface area contributed by atoms with Crippen LogP contribution in [-0.2, 0) is 6.42 Å². The van der Waals surface area contributed by atoms with E-state index in [1.54, 1.807) is 0 Å². The second kappa shape index (κ2) is 4.91. The molecule has 90 valence electrons. The van der Waals surface area contributed by atoms with Gasteiger partial charge in [0.2, 0.25) is 0 Å². The van der Waals surface area contributed by atoms with E-state index < -0.39 is 11.6 Å². The van der Waals surface area contributed by atoms with E-state index in [9.17, 15) is 8.78 Å². The van der Waals surface area contributed by atoms with Crippen LogP contribution in [0.5, 0.6) is 0 Å². The van der Waals surface area contributed by atoms with Gasteiger partial charge in [-0.25, -0.2) is 8.78 Å². The molecule has 1 aromatic carbocycles. The van der Waals surface area contributed by atoms with Crippen molar-refractivity contribution in [2.24, 2.45) is 5.41 Å². The summed E-state index contributed by atoms with van der Waals surface area (Å²) in [6.45, 7) is 6.15. The molecule has 1 unspecified atom stereocenters. The highest BCUT2D eigenvalue weighted by Gasteiger charge is 2.25. The second-order valence-electron chi connectivity index (χ2n) is 5.11. The van der Waals surface area contributed by atoms with Crippen molar-refractivity contribution in [1.82, 2.24) is 5.32 Å². The van der Waals surface area contributed by atoms with Crippen LogP contribution in [0.25, 0.3) is 0 Å². The Hall–Kier alpha value is -0.960. The van der Waals surface area contributed by atoms with Crippen molar-refractivity contribution in [2.45, 2.75) is 33.2 Å². The minimum Gasteiger partial charge on any atom is -0.316 e. The smallest absolute Gasteiger partial charge is 0.129 e. The van der Waals surface area contributed by atoms with Crippen LogP contribution in [0, 0.1) is 17.0 Å². The van der Waals surface area contributed by atoms with E-state index in [-0.39, 0.29) is 17.0 Å². The van der Waals surface area contributed by atoms with E-state index in [2.05, 4.69) is 5.32 Å². The molecule has 0 aliphatic heterocycles. The first-order chi connectivity index (χ1) is 7.36. The van der Waals surface area contributed by atoms with Crippen LogP contribution in [0.1, 0.15) is 26.3 Å². The third-order valence-corrected chi connectivity index (χ3v) is 2.86. The zero-order valence-corrected chi connectivity index (χ0v) is 10.3. The molecular formula is C13H19F2N. The summed E-state index contributed by atoms with van der Waals surface area (Å²) >= 11 is 0. The van der Waals surface area contributed by atoms with E-state index in [0.29, 0.717) is 6.42 Å². The van der Waals surface area contributed by atoms with E-state index in [1.807, 2.05) is 27.8 Å². The largest absolute Gasteiger partial charge is 0.316 e. The molecule has 0 aliphatic rings. The molecule has 0 amide bonds. The minimum absolute atomic E-state index is 0.0382. The number of halogens is 2. The second-order valence-corrected chi connectivity index (χ2v) is 5.11. The van der Waals surface area contributed by atoms with E-state index in [1.165, 1.54) is 18.2 Å². The van der Waals surface area contributed by atoms with Crippen molar-refractivity contribution in [2.75, 3.05) is 7.05 Å². The van der Waals surface area contributed by atoms with Crippen molar-refractivity contribution >= 4 is 0 Å². The normalized spacial score (nSPS) is 13.9. The SMILES string of the molecule is CNC(Cc1c(F)cccc1F)C(C)(C)C. The maximum Gasteiger partial charge on any atom is 0.129 e. The van der Waals surface area contributed by atoms with Crippen LogP contribution in [0.2, 0.25) is 0 Å². The van der Waals surface area contributed by atoms with Crippen LogP contribution in [0.4, 0.5) is 8.78 Å². The number of benzene rings is 1. The average Bonchev–Trinajstić information content (AvgIpc) is 2.15. The Bertz CT molecular complexity index is 335. The van der Waals surface area contributed by atoms with Gasteiger partial charge in [0, 0.05) is 11.6 Å².